The second-order valence-corrected chi connectivity index (χ2v) is 9.37. The molecule has 0 fully saturated rings. The van der Waals surface area contributed by atoms with Gasteiger partial charge in [0.15, 0.2) is 0 Å². The number of rotatable bonds is 8. The number of imidazole rings is 1. The van der Waals surface area contributed by atoms with Gasteiger partial charge in [0, 0.05) is 48.0 Å². The Kier molecular flexibility index (Phi) is 7.23. The average molecular weight is 509 g/mol. The summed E-state index contributed by atoms with van der Waals surface area (Å²) in [7, 11) is 1.68. The van der Waals surface area contributed by atoms with Crippen LogP contribution in [-0.4, -0.2) is 33.1 Å². The van der Waals surface area contributed by atoms with Gasteiger partial charge in [0.05, 0.1) is 25.5 Å². The molecular weight excluding hydrogens is 483 g/mol. The van der Waals surface area contributed by atoms with Crippen LogP contribution in [0.3, 0.4) is 0 Å². The van der Waals surface area contributed by atoms with Crippen LogP contribution >= 0.6 is 23.2 Å². The number of benzene rings is 2. The minimum absolute atomic E-state index is 0.343. The van der Waals surface area contributed by atoms with Crippen molar-refractivity contribution in [1.29, 1.82) is 0 Å². The van der Waals surface area contributed by atoms with Gasteiger partial charge in [0.1, 0.15) is 23.9 Å². The molecule has 0 saturated carbocycles. The van der Waals surface area contributed by atoms with E-state index in [0.29, 0.717) is 28.9 Å². The highest BCUT2D eigenvalue weighted by Gasteiger charge is 2.25. The summed E-state index contributed by atoms with van der Waals surface area (Å²) in [6, 6.07) is 17.5. The Morgan fingerprint density at radius 3 is 2.63 bits per heavy atom. The molecule has 0 saturated heterocycles. The van der Waals surface area contributed by atoms with E-state index in [4.69, 9.17) is 37.7 Å². The first kappa shape index (κ1) is 23.7. The fraction of sp³-hybridized carbons (Fsp3) is 0.259. The van der Waals surface area contributed by atoms with E-state index in [0.717, 1.165) is 48.9 Å². The van der Waals surface area contributed by atoms with E-state index in [1.807, 2.05) is 36.4 Å². The summed E-state index contributed by atoms with van der Waals surface area (Å²) in [6.07, 6.45) is 4.33. The molecule has 0 unspecified atom stereocenters. The fourth-order valence-corrected chi connectivity index (χ4v) is 4.76. The molecule has 0 N–H and O–H groups in total. The third-order valence-corrected chi connectivity index (χ3v) is 6.78. The number of hydrogen-bond acceptors (Lipinski definition) is 5. The van der Waals surface area contributed by atoms with Gasteiger partial charge in [0.25, 0.3) is 0 Å². The molecule has 0 bridgehead atoms. The van der Waals surface area contributed by atoms with Crippen LogP contribution in [0.1, 0.15) is 28.3 Å². The lowest BCUT2D eigenvalue weighted by molar-refractivity contribution is 0.239. The summed E-state index contributed by atoms with van der Waals surface area (Å²) < 4.78 is 13.5. The first-order chi connectivity index (χ1) is 17.1. The number of ether oxygens (including phenoxy) is 2. The van der Waals surface area contributed by atoms with Gasteiger partial charge in [-0.2, -0.15) is 0 Å². The molecule has 4 aromatic rings. The molecule has 5 rings (SSSR count). The smallest absolute Gasteiger partial charge is 0.147 e. The molecule has 2 aromatic heterocycles. The number of nitrogens with zero attached hydrogens (tertiary/aromatic N) is 4. The minimum atomic E-state index is 0.343. The normalized spacial score (nSPS) is 13.5. The largest absolute Gasteiger partial charge is 0.497 e. The van der Waals surface area contributed by atoms with Crippen molar-refractivity contribution in [3.05, 3.63) is 105 Å². The van der Waals surface area contributed by atoms with Crippen LogP contribution < -0.4 is 9.47 Å². The van der Waals surface area contributed by atoms with Crippen LogP contribution in [0, 0.1) is 0 Å². The lowest BCUT2D eigenvalue weighted by Crippen LogP contribution is -2.31. The zero-order valence-corrected chi connectivity index (χ0v) is 21.0. The summed E-state index contributed by atoms with van der Waals surface area (Å²) >= 11 is 12.8. The van der Waals surface area contributed by atoms with Gasteiger partial charge in [-0.25, -0.2) is 4.98 Å². The summed E-state index contributed by atoms with van der Waals surface area (Å²) in [5.74, 6) is 2.44. The zero-order valence-electron chi connectivity index (χ0n) is 19.5. The maximum absolute atomic E-state index is 6.51. The molecular formula is C27H26Cl2N4O2. The molecule has 0 aliphatic carbocycles. The number of pyridine rings is 1. The highest BCUT2D eigenvalue weighted by atomic mass is 35.5. The standard InChI is InChI=1S/C27H26Cl2N4O2/c1-34-22-7-4-19(5-8-22)15-32-12-10-26-25(17-32)31-27(18-35-23-3-2-11-30-14-23)33(26)16-20-13-21(28)6-9-24(20)29/h2-9,11,13-14H,10,12,15-18H2,1H3. The molecule has 1 aliphatic rings. The van der Waals surface area contributed by atoms with E-state index >= 15 is 0 Å². The number of hydrogen-bond donors (Lipinski definition) is 0. The predicted octanol–water partition coefficient (Wildman–Crippen LogP) is 5.78. The van der Waals surface area contributed by atoms with Gasteiger partial charge in [-0.15, -0.1) is 0 Å². The van der Waals surface area contributed by atoms with Gasteiger partial charge < -0.3 is 14.0 Å². The van der Waals surface area contributed by atoms with Gasteiger partial charge in [-0.05, 0) is 53.6 Å². The molecule has 3 heterocycles. The first-order valence-electron chi connectivity index (χ1n) is 11.5. The van der Waals surface area contributed by atoms with E-state index in [2.05, 4.69) is 26.6 Å². The summed E-state index contributed by atoms with van der Waals surface area (Å²) in [4.78, 5) is 11.6. The van der Waals surface area contributed by atoms with Crippen LogP contribution in [0.2, 0.25) is 10.0 Å². The van der Waals surface area contributed by atoms with Crippen molar-refractivity contribution in [3.63, 3.8) is 0 Å². The maximum Gasteiger partial charge on any atom is 0.147 e. The summed E-state index contributed by atoms with van der Waals surface area (Å²) in [5.41, 5.74) is 4.51. The third kappa shape index (κ3) is 5.61. The molecule has 0 amide bonds. The number of halogens is 2. The highest BCUT2D eigenvalue weighted by Crippen LogP contribution is 2.27. The molecule has 2 aromatic carbocycles. The minimum Gasteiger partial charge on any atom is -0.497 e. The Hall–Kier alpha value is -3.06. The van der Waals surface area contributed by atoms with Crippen molar-refractivity contribution in [1.82, 2.24) is 19.4 Å². The Morgan fingerprint density at radius 1 is 1.00 bits per heavy atom. The SMILES string of the molecule is COc1ccc(CN2CCc3c(nc(COc4cccnc4)n3Cc3cc(Cl)ccc3Cl)C2)cc1. The topological polar surface area (TPSA) is 52.4 Å². The summed E-state index contributed by atoms with van der Waals surface area (Å²) in [6.45, 7) is 3.51. The second kappa shape index (κ2) is 10.7. The van der Waals surface area contributed by atoms with Crippen molar-refractivity contribution < 1.29 is 9.47 Å². The Labute approximate surface area is 215 Å². The van der Waals surface area contributed by atoms with Gasteiger partial charge in [0.2, 0.25) is 0 Å². The molecule has 0 atom stereocenters. The third-order valence-electron chi connectivity index (χ3n) is 6.18. The van der Waals surface area contributed by atoms with Gasteiger partial charge in [-0.3, -0.25) is 9.88 Å². The van der Waals surface area contributed by atoms with E-state index in [1.165, 1.54) is 11.3 Å². The molecule has 0 spiro atoms. The van der Waals surface area contributed by atoms with Crippen molar-refractivity contribution in [2.24, 2.45) is 0 Å². The second-order valence-electron chi connectivity index (χ2n) is 8.53. The fourth-order valence-electron chi connectivity index (χ4n) is 4.39. The van der Waals surface area contributed by atoms with Crippen LogP contribution in [0.4, 0.5) is 0 Å². The highest BCUT2D eigenvalue weighted by molar-refractivity contribution is 6.33. The Bertz CT molecular complexity index is 1290. The van der Waals surface area contributed by atoms with Crippen LogP contribution in [0.15, 0.2) is 67.0 Å². The number of methoxy groups -OCH3 is 1. The van der Waals surface area contributed by atoms with E-state index in [-0.39, 0.29) is 0 Å². The molecule has 8 heteroatoms. The van der Waals surface area contributed by atoms with Gasteiger partial charge in [-0.1, -0.05) is 35.3 Å². The quantitative estimate of drug-likeness (QED) is 0.302. The predicted molar refractivity (Wildman–Crippen MR) is 137 cm³/mol. The lowest BCUT2D eigenvalue weighted by Gasteiger charge is -2.27. The molecule has 0 radical (unpaired) electrons. The zero-order chi connectivity index (χ0) is 24.2. The van der Waals surface area contributed by atoms with E-state index in [9.17, 15) is 0 Å². The summed E-state index contributed by atoms with van der Waals surface area (Å²) in [5, 5.41) is 1.35. The average Bonchev–Trinajstić information content (AvgIpc) is 3.22. The van der Waals surface area contributed by atoms with Crippen LogP contribution in [0.5, 0.6) is 11.5 Å². The van der Waals surface area contributed by atoms with E-state index in [1.54, 1.807) is 25.6 Å². The number of aromatic nitrogens is 3. The van der Waals surface area contributed by atoms with Gasteiger partial charge >= 0.3 is 0 Å². The Morgan fingerprint density at radius 2 is 1.86 bits per heavy atom. The Balaban J connectivity index is 1.39. The number of fused-ring (bicyclic) bond motifs is 1. The van der Waals surface area contributed by atoms with Crippen LogP contribution in [0.25, 0.3) is 0 Å². The monoisotopic (exact) mass is 508 g/mol. The van der Waals surface area contributed by atoms with Crippen LogP contribution in [-0.2, 0) is 32.7 Å². The molecule has 6 nitrogen and oxygen atoms in total. The van der Waals surface area contributed by atoms with Crippen molar-refractivity contribution in [2.75, 3.05) is 13.7 Å². The molecule has 1 aliphatic heterocycles. The molecule has 180 valence electrons. The van der Waals surface area contributed by atoms with Crippen molar-refractivity contribution in [2.45, 2.75) is 32.7 Å². The van der Waals surface area contributed by atoms with Crippen molar-refractivity contribution in [3.8, 4) is 11.5 Å². The van der Waals surface area contributed by atoms with Crippen molar-refractivity contribution >= 4 is 23.2 Å². The first-order valence-corrected chi connectivity index (χ1v) is 12.2. The molecule has 35 heavy (non-hydrogen) atoms. The lowest BCUT2D eigenvalue weighted by atomic mass is 10.1. The maximum atomic E-state index is 6.51. The van der Waals surface area contributed by atoms with E-state index < -0.39 is 0 Å².